The van der Waals surface area contributed by atoms with E-state index in [4.69, 9.17) is 9.47 Å². The van der Waals surface area contributed by atoms with E-state index in [0.29, 0.717) is 59.8 Å². The highest BCUT2D eigenvalue weighted by atomic mass is 35.5. The van der Waals surface area contributed by atoms with Crippen LogP contribution in [0.4, 0.5) is 5.69 Å². The van der Waals surface area contributed by atoms with Gasteiger partial charge in [-0.05, 0) is 12.1 Å². The molecule has 0 bridgehead atoms. The van der Waals surface area contributed by atoms with Gasteiger partial charge in [0.25, 0.3) is 5.91 Å². The molecular weight excluding hydrogens is 440 g/mol. The second-order valence-corrected chi connectivity index (χ2v) is 9.35. The fourth-order valence-electron chi connectivity index (χ4n) is 3.57. The van der Waals surface area contributed by atoms with Crippen LogP contribution in [-0.4, -0.2) is 72.5 Å². The van der Waals surface area contributed by atoms with Crippen LogP contribution in [0.3, 0.4) is 0 Å². The minimum Gasteiger partial charge on any atom is -0.493 e. The van der Waals surface area contributed by atoms with Crippen molar-refractivity contribution in [3.8, 4) is 11.5 Å². The van der Waals surface area contributed by atoms with Crippen molar-refractivity contribution in [3.63, 3.8) is 0 Å². The summed E-state index contributed by atoms with van der Waals surface area (Å²) in [6.45, 7) is 2.23. The smallest absolute Gasteiger partial charge is 0.253 e. The quantitative estimate of drug-likeness (QED) is 0.697. The third kappa shape index (κ3) is 4.47. The molecule has 166 valence electrons. The van der Waals surface area contributed by atoms with E-state index < -0.39 is 9.73 Å². The van der Waals surface area contributed by atoms with Crippen molar-refractivity contribution in [3.05, 3.63) is 48.0 Å². The second-order valence-electron chi connectivity index (χ2n) is 7.13. The molecule has 0 aromatic heterocycles. The Morgan fingerprint density at radius 1 is 1.00 bits per heavy atom. The zero-order chi connectivity index (χ0) is 21.3. The van der Waals surface area contributed by atoms with Crippen LogP contribution in [0.2, 0.25) is 0 Å². The van der Waals surface area contributed by atoms with E-state index in [1.54, 1.807) is 25.5 Å². The van der Waals surface area contributed by atoms with E-state index >= 15 is 0 Å². The van der Waals surface area contributed by atoms with Gasteiger partial charge >= 0.3 is 0 Å². The number of hydrogen-bond donors (Lipinski definition) is 0. The highest BCUT2D eigenvalue weighted by Gasteiger charge is 2.28. The van der Waals surface area contributed by atoms with Crippen LogP contribution in [0.25, 0.3) is 0 Å². The number of piperazine rings is 1. The molecule has 2 aromatic carbocycles. The Kier molecular flexibility index (Phi) is 6.76. The summed E-state index contributed by atoms with van der Waals surface area (Å²) in [6.07, 6.45) is 1.60. The summed E-state index contributed by atoms with van der Waals surface area (Å²) < 4.78 is 28.4. The first-order valence-electron chi connectivity index (χ1n) is 9.59. The average Bonchev–Trinajstić information content (AvgIpc) is 2.78. The molecular formula is C21H25ClN4O4S. The Morgan fingerprint density at radius 2 is 1.61 bits per heavy atom. The van der Waals surface area contributed by atoms with Crippen LogP contribution in [0.15, 0.2) is 56.7 Å². The number of methoxy groups -OCH3 is 2. The van der Waals surface area contributed by atoms with Crippen molar-refractivity contribution in [1.29, 1.82) is 0 Å². The minimum atomic E-state index is -2.68. The summed E-state index contributed by atoms with van der Waals surface area (Å²) in [7, 11) is 0.400. The summed E-state index contributed by atoms with van der Waals surface area (Å²) in [5.41, 5.74) is 1.24. The Labute approximate surface area is 188 Å². The SMILES string of the molecule is COc1cc2c(cc1OC)S(C)(=O)=NC(N1CCN(C(=O)c3ccccc3)CC1)=N2.Cl. The number of carbonyl (C=O) groups is 1. The number of fused-ring (bicyclic) bond motifs is 1. The lowest BCUT2D eigenvalue weighted by molar-refractivity contribution is 0.0691. The summed E-state index contributed by atoms with van der Waals surface area (Å²) in [4.78, 5) is 21.6. The number of nitrogens with zero attached hydrogens (tertiary/aromatic N) is 4. The van der Waals surface area contributed by atoms with Crippen LogP contribution < -0.4 is 9.47 Å². The summed E-state index contributed by atoms with van der Waals surface area (Å²) in [5, 5.41) is 0. The maximum Gasteiger partial charge on any atom is 0.253 e. The van der Waals surface area contributed by atoms with Crippen molar-refractivity contribution in [1.82, 2.24) is 9.80 Å². The molecule has 31 heavy (non-hydrogen) atoms. The maximum atomic E-state index is 13.3. The van der Waals surface area contributed by atoms with Gasteiger partial charge in [-0.25, -0.2) is 9.20 Å². The number of benzene rings is 2. The highest BCUT2D eigenvalue weighted by Crippen LogP contribution is 2.39. The normalized spacial score (nSPS) is 20.0. The second kappa shape index (κ2) is 9.15. The molecule has 1 atom stereocenters. The molecule has 8 nitrogen and oxygen atoms in total. The predicted molar refractivity (Wildman–Crippen MR) is 123 cm³/mol. The van der Waals surface area contributed by atoms with Crippen molar-refractivity contribution >= 4 is 39.7 Å². The predicted octanol–water partition coefficient (Wildman–Crippen LogP) is 3.04. The fourth-order valence-corrected chi connectivity index (χ4v) is 4.96. The third-order valence-corrected chi connectivity index (χ3v) is 6.87. The van der Waals surface area contributed by atoms with Crippen LogP contribution in [-0.2, 0) is 9.73 Å². The van der Waals surface area contributed by atoms with Crippen molar-refractivity contribution in [2.75, 3.05) is 46.7 Å². The van der Waals surface area contributed by atoms with E-state index in [2.05, 4.69) is 9.36 Å². The lowest BCUT2D eigenvalue weighted by Gasteiger charge is -2.36. The Morgan fingerprint density at radius 3 is 2.23 bits per heavy atom. The average molecular weight is 465 g/mol. The van der Waals surface area contributed by atoms with E-state index in [9.17, 15) is 9.00 Å². The summed E-state index contributed by atoms with van der Waals surface area (Å²) in [6, 6.07) is 12.6. The molecule has 0 spiro atoms. The lowest BCUT2D eigenvalue weighted by atomic mass is 10.2. The molecule has 0 radical (unpaired) electrons. The van der Waals surface area contributed by atoms with Crippen LogP contribution >= 0.6 is 12.4 Å². The van der Waals surface area contributed by atoms with Crippen LogP contribution in [0, 0.1) is 0 Å². The van der Waals surface area contributed by atoms with Gasteiger partial charge in [0, 0.05) is 50.1 Å². The number of guanidine groups is 1. The zero-order valence-electron chi connectivity index (χ0n) is 17.6. The van der Waals surface area contributed by atoms with Crippen molar-refractivity contribution in [2.45, 2.75) is 4.90 Å². The van der Waals surface area contributed by atoms with Crippen LogP contribution in [0.5, 0.6) is 11.5 Å². The van der Waals surface area contributed by atoms with Gasteiger partial charge in [0.1, 0.15) is 0 Å². The van der Waals surface area contributed by atoms with Gasteiger partial charge < -0.3 is 19.3 Å². The number of halogens is 1. The Balaban J connectivity index is 0.00000272. The topological polar surface area (TPSA) is 83.8 Å². The molecule has 2 aliphatic heterocycles. The number of aliphatic imine (C=N–C) groups is 1. The van der Waals surface area contributed by atoms with Gasteiger partial charge in [-0.3, -0.25) is 4.79 Å². The number of rotatable bonds is 3. The van der Waals surface area contributed by atoms with Crippen LogP contribution in [0.1, 0.15) is 10.4 Å². The zero-order valence-corrected chi connectivity index (χ0v) is 19.2. The molecule has 0 N–H and O–H groups in total. The molecule has 1 fully saturated rings. The van der Waals surface area contributed by atoms with Gasteiger partial charge in [0.15, 0.2) is 11.5 Å². The summed E-state index contributed by atoms with van der Waals surface area (Å²) >= 11 is 0. The Hall–Kier alpha value is -2.78. The van der Waals surface area contributed by atoms with Gasteiger partial charge in [0.05, 0.1) is 34.5 Å². The van der Waals surface area contributed by atoms with Crippen molar-refractivity contribution in [2.24, 2.45) is 9.36 Å². The number of ether oxygens (including phenoxy) is 2. The first kappa shape index (κ1) is 22.9. The highest BCUT2D eigenvalue weighted by molar-refractivity contribution is 7.93. The van der Waals surface area contributed by atoms with E-state index in [0.717, 1.165) is 0 Å². The molecule has 2 aliphatic rings. The molecule has 2 heterocycles. The lowest BCUT2D eigenvalue weighted by Crippen LogP contribution is -2.50. The third-order valence-electron chi connectivity index (χ3n) is 5.22. The molecule has 10 heteroatoms. The van der Waals surface area contributed by atoms with Gasteiger partial charge in [-0.1, -0.05) is 18.2 Å². The molecule has 1 amide bonds. The van der Waals surface area contributed by atoms with E-state index in [-0.39, 0.29) is 18.3 Å². The molecule has 1 unspecified atom stereocenters. The number of hydrogen-bond acceptors (Lipinski definition) is 7. The Bertz CT molecular complexity index is 1120. The minimum absolute atomic E-state index is 0. The molecule has 0 saturated carbocycles. The number of amides is 1. The monoisotopic (exact) mass is 464 g/mol. The number of carbonyl (C=O) groups excluding carboxylic acids is 1. The van der Waals surface area contributed by atoms with Crippen molar-refractivity contribution < 1.29 is 18.5 Å². The summed E-state index contributed by atoms with van der Waals surface area (Å²) in [5.74, 6) is 1.45. The van der Waals surface area contributed by atoms with E-state index in [1.807, 2.05) is 40.1 Å². The fraction of sp³-hybridized carbons (Fsp3) is 0.333. The molecule has 0 aliphatic carbocycles. The molecule has 4 rings (SSSR count). The van der Waals surface area contributed by atoms with Gasteiger partial charge in [-0.2, -0.15) is 4.36 Å². The van der Waals surface area contributed by atoms with Gasteiger partial charge in [-0.15, -0.1) is 12.4 Å². The largest absolute Gasteiger partial charge is 0.493 e. The van der Waals surface area contributed by atoms with E-state index in [1.165, 1.54) is 7.11 Å². The molecule has 2 aromatic rings. The first-order valence-corrected chi connectivity index (χ1v) is 11.5. The molecule has 1 saturated heterocycles. The standard InChI is InChI=1S/C21H24N4O4S.ClH/c1-28-17-13-16-19(14-18(17)29-2)30(3,27)23-21(22-16)25-11-9-24(10-12-25)20(26)15-7-5-4-6-8-15;/h4-8,13-14H,9-12H2,1-3H3;1H. The van der Waals surface area contributed by atoms with Gasteiger partial charge in [0.2, 0.25) is 5.96 Å². The first-order chi connectivity index (χ1) is 14.4. The maximum absolute atomic E-state index is 13.3.